The Balaban J connectivity index is 1.13. The van der Waals surface area contributed by atoms with Crippen molar-refractivity contribution < 1.29 is 4.42 Å². The molecule has 0 saturated carbocycles. The van der Waals surface area contributed by atoms with Gasteiger partial charge in [0.25, 0.3) is 0 Å². The lowest BCUT2D eigenvalue weighted by Crippen LogP contribution is -2.09. The number of fused-ring (bicyclic) bond motifs is 1. The molecule has 0 spiro atoms. The first kappa shape index (κ1) is 30.2. The molecule has 8 rings (SSSR count). The average Bonchev–Trinajstić information content (AvgIpc) is 3.61. The van der Waals surface area contributed by atoms with Gasteiger partial charge in [-0.05, 0) is 112 Å². The van der Waals surface area contributed by atoms with E-state index in [0.717, 1.165) is 51.3 Å². The molecule has 0 aliphatic rings. The van der Waals surface area contributed by atoms with Crippen LogP contribution in [-0.2, 0) is 6.42 Å². The van der Waals surface area contributed by atoms with Gasteiger partial charge in [0.1, 0.15) is 5.52 Å². The Morgan fingerprint density at radius 1 is 0.490 bits per heavy atom. The third-order valence-corrected chi connectivity index (χ3v) is 9.20. The van der Waals surface area contributed by atoms with E-state index in [-0.39, 0.29) is 0 Å². The largest absolute Gasteiger partial charge is 0.436 e. The third kappa shape index (κ3) is 5.92. The molecule has 0 unspecified atom stereocenters. The van der Waals surface area contributed by atoms with Gasteiger partial charge in [0.2, 0.25) is 5.89 Å². The highest BCUT2D eigenvalue weighted by Gasteiger charge is 2.16. The molecule has 3 heteroatoms. The summed E-state index contributed by atoms with van der Waals surface area (Å²) in [6, 6.07) is 60.2. The Morgan fingerprint density at radius 3 is 1.47 bits per heavy atom. The predicted molar refractivity (Wildman–Crippen MR) is 205 cm³/mol. The summed E-state index contributed by atoms with van der Waals surface area (Å²) in [7, 11) is 0. The van der Waals surface area contributed by atoms with E-state index in [2.05, 4.69) is 189 Å². The van der Waals surface area contributed by atoms with Crippen LogP contribution in [-0.4, -0.2) is 4.98 Å². The molecular formula is C46H36N2O. The third-order valence-electron chi connectivity index (χ3n) is 9.20. The van der Waals surface area contributed by atoms with Gasteiger partial charge in [-0.25, -0.2) is 4.98 Å². The summed E-state index contributed by atoms with van der Waals surface area (Å²) in [4.78, 5) is 7.14. The molecule has 236 valence electrons. The summed E-state index contributed by atoms with van der Waals surface area (Å²) in [6.07, 6.45) is 0.975. The zero-order chi connectivity index (χ0) is 33.2. The Labute approximate surface area is 287 Å². The van der Waals surface area contributed by atoms with Crippen LogP contribution in [0.25, 0.3) is 55.9 Å². The van der Waals surface area contributed by atoms with Gasteiger partial charge in [-0.2, -0.15) is 0 Å². The molecule has 0 bridgehead atoms. The molecule has 7 aromatic carbocycles. The molecule has 0 aliphatic heterocycles. The van der Waals surface area contributed by atoms with Gasteiger partial charge in [0.15, 0.2) is 5.58 Å². The molecular weight excluding hydrogens is 597 g/mol. The normalized spacial score (nSPS) is 11.1. The fraction of sp³-hybridized carbons (Fsp3) is 0.0652. The number of hydrogen-bond donors (Lipinski definition) is 0. The first-order valence-corrected chi connectivity index (χ1v) is 16.9. The second-order valence-electron chi connectivity index (χ2n) is 12.4. The lowest BCUT2D eigenvalue weighted by Gasteiger charge is -2.25. The van der Waals surface area contributed by atoms with E-state index in [1.807, 2.05) is 0 Å². The molecule has 0 saturated heterocycles. The molecule has 0 radical (unpaired) electrons. The number of para-hydroxylation sites is 2. The van der Waals surface area contributed by atoms with E-state index in [0.29, 0.717) is 5.89 Å². The molecule has 0 aliphatic carbocycles. The van der Waals surface area contributed by atoms with Crippen LogP contribution in [0.2, 0.25) is 0 Å². The molecule has 1 heterocycles. The number of oxazole rings is 1. The maximum atomic E-state index is 6.25. The number of hydrogen-bond acceptors (Lipinski definition) is 3. The van der Waals surface area contributed by atoms with E-state index >= 15 is 0 Å². The van der Waals surface area contributed by atoms with Gasteiger partial charge < -0.3 is 9.32 Å². The van der Waals surface area contributed by atoms with Crippen molar-refractivity contribution in [1.29, 1.82) is 0 Å². The van der Waals surface area contributed by atoms with Crippen molar-refractivity contribution in [3.63, 3.8) is 0 Å². The zero-order valence-corrected chi connectivity index (χ0v) is 27.7. The minimum absolute atomic E-state index is 0.651. The van der Waals surface area contributed by atoms with Crippen LogP contribution >= 0.6 is 0 Å². The van der Waals surface area contributed by atoms with Crippen molar-refractivity contribution in [3.8, 4) is 44.8 Å². The molecule has 0 atom stereocenters. The van der Waals surface area contributed by atoms with Gasteiger partial charge in [-0.3, -0.25) is 0 Å². The van der Waals surface area contributed by atoms with Crippen molar-refractivity contribution in [1.82, 2.24) is 4.98 Å². The van der Waals surface area contributed by atoms with Crippen molar-refractivity contribution in [2.24, 2.45) is 0 Å². The highest BCUT2D eigenvalue weighted by atomic mass is 16.3. The lowest BCUT2D eigenvalue weighted by atomic mass is 9.89. The smallest absolute Gasteiger partial charge is 0.227 e. The Hall–Kier alpha value is -6.19. The van der Waals surface area contributed by atoms with Crippen LogP contribution in [0.5, 0.6) is 0 Å². The van der Waals surface area contributed by atoms with Crippen LogP contribution in [0.15, 0.2) is 174 Å². The first-order valence-electron chi connectivity index (χ1n) is 16.9. The van der Waals surface area contributed by atoms with E-state index < -0.39 is 0 Å². The van der Waals surface area contributed by atoms with Crippen molar-refractivity contribution in [2.45, 2.75) is 20.3 Å². The summed E-state index contributed by atoms with van der Waals surface area (Å²) in [5.74, 6) is 0.651. The average molecular weight is 633 g/mol. The summed E-state index contributed by atoms with van der Waals surface area (Å²) < 4.78 is 6.25. The summed E-state index contributed by atoms with van der Waals surface area (Å²) >= 11 is 0. The molecule has 3 nitrogen and oxygen atoms in total. The van der Waals surface area contributed by atoms with Gasteiger partial charge in [-0.1, -0.05) is 122 Å². The first-order chi connectivity index (χ1) is 24.2. The van der Waals surface area contributed by atoms with Crippen LogP contribution in [0.1, 0.15) is 18.1 Å². The number of anilines is 3. The molecule has 0 N–H and O–H groups in total. The molecule has 0 fully saturated rings. The van der Waals surface area contributed by atoms with Gasteiger partial charge in [0, 0.05) is 22.6 Å². The molecule has 49 heavy (non-hydrogen) atoms. The summed E-state index contributed by atoms with van der Waals surface area (Å²) in [6.45, 7) is 4.26. The minimum Gasteiger partial charge on any atom is -0.436 e. The maximum absolute atomic E-state index is 6.25. The quantitative estimate of drug-likeness (QED) is 0.167. The van der Waals surface area contributed by atoms with Crippen molar-refractivity contribution in [3.05, 3.63) is 181 Å². The van der Waals surface area contributed by atoms with Gasteiger partial charge >= 0.3 is 0 Å². The fourth-order valence-electron chi connectivity index (χ4n) is 6.72. The standard InChI is InChI=1S/C46H36N2O/c1-3-33-30-32(2)45-44(31-33)47-46(49-45)36-24-22-34(23-25-36)40-18-10-12-20-42(40)43-21-13-11-19-41(43)35-26-28-39(29-27-35)48(37-14-6-4-7-15-37)38-16-8-5-9-17-38/h4-31H,3H2,1-2H3. The number of nitrogens with zero attached hydrogens (tertiary/aromatic N) is 2. The van der Waals surface area contributed by atoms with Crippen LogP contribution < -0.4 is 4.90 Å². The Bertz CT molecular complexity index is 2320. The van der Waals surface area contributed by atoms with E-state index in [9.17, 15) is 0 Å². The number of aryl methyl sites for hydroxylation is 2. The predicted octanol–water partition coefficient (Wildman–Crippen LogP) is 12.8. The van der Waals surface area contributed by atoms with Crippen LogP contribution in [0, 0.1) is 6.92 Å². The Morgan fingerprint density at radius 2 is 0.939 bits per heavy atom. The van der Waals surface area contributed by atoms with Crippen molar-refractivity contribution >= 4 is 28.2 Å². The van der Waals surface area contributed by atoms with Crippen LogP contribution in [0.3, 0.4) is 0 Å². The molecule has 8 aromatic rings. The lowest BCUT2D eigenvalue weighted by molar-refractivity contribution is 0.617. The number of rotatable bonds is 8. The maximum Gasteiger partial charge on any atom is 0.227 e. The van der Waals surface area contributed by atoms with E-state index in [1.54, 1.807) is 0 Å². The SMILES string of the molecule is CCc1cc(C)c2oc(-c3ccc(-c4ccccc4-c4ccccc4-c4ccc(N(c5ccccc5)c5ccccc5)cc4)cc3)nc2c1. The number of aromatic nitrogens is 1. The minimum atomic E-state index is 0.651. The van der Waals surface area contributed by atoms with Crippen LogP contribution in [0.4, 0.5) is 17.1 Å². The second-order valence-corrected chi connectivity index (χ2v) is 12.4. The summed E-state index contributed by atoms with van der Waals surface area (Å²) in [5.41, 5.74) is 15.6. The van der Waals surface area contributed by atoms with Gasteiger partial charge in [0.05, 0.1) is 0 Å². The monoisotopic (exact) mass is 632 g/mol. The second kappa shape index (κ2) is 13.1. The molecule has 0 amide bonds. The van der Waals surface area contributed by atoms with Gasteiger partial charge in [-0.15, -0.1) is 0 Å². The van der Waals surface area contributed by atoms with E-state index in [4.69, 9.17) is 9.40 Å². The van der Waals surface area contributed by atoms with E-state index in [1.165, 1.54) is 33.4 Å². The number of benzene rings is 7. The summed E-state index contributed by atoms with van der Waals surface area (Å²) in [5, 5.41) is 0. The Kier molecular flexibility index (Phi) is 8.09. The topological polar surface area (TPSA) is 29.3 Å². The molecule has 1 aromatic heterocycles. The highest BCUT2D eigenvalue weighted by molar-refractivity contribution is 5.92. The highest BCUT2D eigenvalue weighted by Crippen LogP contribution is 2.40. The van der Waals surface area contributed by atoms with Crippen molar-refractivity contribution in [2.75, 3.05) is 4.90 Å². The zero-order valence-electron chi connectivity index (χ0n) is 27.7. The fourth-order valence-corrected chi connectivity index (χ4v) is 6.72.